The van der Waals surface area contributed by atoms with Crippen LogP contribution in [0, 0.1) is 11.3 Å². The van der Waals surface area contributed by atoms with E-state index in [2.05, 4.69) is 33.0 Å². The summed E-state index contributed by atoms with van der Waals surface area (Å²) in [5.41, 5.74) is 3.51. The number of aromatic nitrogens is 2. The first-order chi connectivity index (χ1) is 16.6. The number of fused-ring (bicyclic) bond motifs is 1. The first-order valence-electron chi connectivity index (χ1n) is 11.2. The maximum absolute atomic E-state index is 12.3. The monoisotopic (exact) mass is 451 g/mol. The molecule has 0 radical (unpaired) electrons. The minimum Gasteiger partial charge on any atom is -0.368 e. The standard InChI is InChI=1S/C27H25N5O2/c28-18-20-7-4-9-22(17-20)21-8-3-6-19(16-21)12-13-25(33)29-14-5-15-30-26-23-10-1-2-11-24(23)27(34)32-31-26/h1-4,6-11,16-17H,5,12-15H2,(H,29,33)(H,30,31)(H,32,34). The quantitative estimate of drug-likeness (QED) is 0.333. The Bertz CT molecular complexity index is 1400. The van der Waals surface area contributed by atoms with Gasteiger partial charge in [-0.25, -0.2) is 5.10 Å². The molecule has 0 atom stereocenters. The molecule has 0 aliphatic carbocycles. The lowest BCUT2D eigenvalue weighted by molar-refractivity contribution is -0.121. The molecule has 0 saturated heterocycles. The number of rotatable bonds is 9. The molecule has 1 heterocycles. The summed E-state index contributed by atoms with van der Waals surface area (Å²) in [7, 11) is 0. The fraction of sp³-hybridized carbons (Fsp3) is 0.185. The summed E-state index contributed by atoms with van der Waals surface area (Å²) in [4.78, 5) is 24.1. The highest BCUT2D eigenvalue weighted by atomic mass is 16.1. The van der Waals surface area contributed by atoms with Gasteiger partial charge in [-0.05, 0) is 47.7 Å². The Morgan fingerprint density at radius 1 is 0.941 bits per heavy atom. The number of carbonyl (C=O) groups is 1. The van der Waals surface area contributed by atoms with Gasteiger partial charge in [0.25, 0.3) is 5.56 Å². The van der Waals surface area contributed by atoms with Crippen molar-refractivity contribution < 1.29 is 4.79 Å². The van der Waals surface area contributed by atoms with Gasteiger partial charge in [-0.2, -0.15) is 10.4 Å². The van der Waals surface area contributed by atoms with E-state index >= 15 is 0 Å². The number of benzene rings is 3. The van der Waals surface area contributed by atoms with Gasteiger partial charge in [0.05, 0.1) is 17.0 Å². The van der Waals surface area contributed by atoms with Crippen LogP contribution in [0.4, 0.5) is 5.82 Å². The fourth-order valence-electron chi connectivity index (χ4n) is 3.79. The Hall–Kier alpha value is -4.44. The number of anilines is 1. The van der Waals surface area contributed by atoms with E-state index < -0.39 is 0 Å². The number of hydrogen-bond donors (Lipinski definition) is 3. The third kappa shape index (κ3) is 5.67. The molecule has 3 aromatic carbocycles. The van der Waals surface area contributed by atoms with Gasteiger partial charge in [0, 0.05) is 24.9 Å². The van der Waals surface area contributed by atoms with Gasteiger partial charge in [-0.1, -0.05) is 54.6 Å². The van der Waals surface area contributed by atoms with E-state index in [-0.39, 0.29) is 11.5 Å². The molecule has 170 valence electrons. The number of aryl methyl sites for hydroxylation is 1. The van der Waals surface area contributed by atoms with Crippen LogP contribution in [-0.2, 0) is 11.2 Å². The van der Waals surface area contributed by atoms with Crippen LogP contribution in [0.1, 0.15) is 24.0 Å². The van der Waals surface area contributed by atoms with Crippen LogP contribution in [-0.4, -0.2) is 29.2 Å². The summed E-state index contributed by atoms with van der Waals surface area (Å²) in [6.45, 7) is 1.17. The lowest BCUT2D eigenvalue weighted by Gasteiger charge is -2.09. The van der Waals surface area contributed by atoms with Gasteiger partial charge >= 0.3 is 0 Å². The summed E-state index contributed by atoms with van der Waals surface area (Å²) < 4.78 is 0. The highest BCUT2D eigenvalue weighted by Crippen LogP contribution is 2.22. The van der Waals surface area contributed by atoms with Crippen molar-refractivity contribution in [2.24, 2.45) is 0 Å². The Labute approximate surface area is 197 Å². The predicted octanol–water partition coefficient (Wildman–Crippen LogP) is 4.01. The number of hydrogen-bond acceptors (Lipinski definition) is 5. The van der Waals surface area contributed by atoms with Crippen LogP contribution >= 0.6 is 0 Å². The molecule has 0 spiro atoms. The number of nitriles is 1. The summed E-state index contributed by atoms with van der Waals surface area (Å²) in [6, 6.07) is 25.0. The van der Waals surface area contributed by atoms with E-state index in [1.165, 1.54) is 0 Å². The van der Waals surface area contributed by atoms with Gasteiger partial charge < -0.3 is 10.6 Å². The van der Waals surface area contributed by atoms with Gasteiger partial charge in [0.2, 0.25) is 5.91 Å². The third-order valence-corrected chi connectivity index (χ3v) is 5.56. The summed E-state index contributed by atoms with van der Waals surface area (Å²) in [6.07, 6.45) is 1.77. The molecule has 1 aromatic heterocycles. The van der Waals surface area contributed by atoms with Gasteiger partial charge in [-0.15, -0.1) is 0 Å². The molecule has 0 aliphatic heterocycles. The molecular formula is C27H25N5O2. The number of H-pyrrole nitrogens is 1. The molecule has 3 N–H and O–H groups in total. The molecule has 1 amide bonds. The molecule has 7 heteroatoms. The minimum absolute atomic E-state index is 0.00416. The molecule has 0 bridgehead atoms. The number of nitrogens with zero attached hydrogens (tertiary/aromatic N) is 2. The topological polar surface area (TPSA) is 111 Å². The lowest BCUT2D eigenvalue weighted by atomic mass is 9.99. The Morgan fingerprint density at radius 3 is 2.53 bits per heavy atom. The molecule has 7 nitrogen and oxygen atoms in total. The molecule has 4 aromatic rings. The highest BCUT2D eigenvalue weighted by Gasteiger charge is 2.06. The normalized spacial score (nSPS) is 10.6. The SMILES string of the molecule is N#Cc1cccc(-c2cccc(CCC(=O)NCCCNc3n[nH]c(=O)c4ccccc34)c2)c1. The first kappa shape index (κ1) is 22.7. The Balaban J connectivity index is 1.22. The average Bonchev–Trinajstić information content (AvgIpc) is 2.89. The number of nitrogens with one attached hydrogen (secondary N) is 3. The summed E-state index contributed by atoms with van der Waals surface area (Å²) in [5.74, 6) is 0.631. The van der Waals surface area contributed by atoms with Crippen molar-refractivity contribution in [1.29, 1.82) is 5.26 Å². The predicted molar refractivity (Wildman–Crippen MR) is 133 cm³/mol. The smallest absolute Gasteiger partial charge is 0.272 e. The van der Waals surface area contributed by atoms with Crippen molar-refractivity contribution in [2.75, 3.05) is 18.4 Å². The second-order valence-electron chi connectivity index (χ2n) is 7.97. The second kappa shape index (κ2) is 10.9. The van der Waals surface area contributed by atoms with Crippen LogP contribution in [0.15, 0.2) is 77.6 Å². The average molecular weight is 452 g/mol. The van der Waals surface area contributed by atoms with Crippen molar-refractivity contribution in [3.05, 3.63) is 94.3 Å². The zero-order valence-corrected chi connectivity index (χ0v) is 18.7. The summed E-state index contributed by atoms with van der Waals surface area (Å²) in [5, 5.41) is 23.2. The zero-order valence-electron chi connectivity index (χ0n) is 18.7. The number of carbonyl (C=O) groups excluding carboxylic acids is 1. The van der Waals surface area contributed by atoms with E-state index in [1.54, 1.807) is 12.1 Å². The minimum atomic E-state index is -0.213. The van der Waals surface area contributed by atoms with Crippen LogP contribution in [0.25, 0.3) is 21.9 Å². The molecule has 0 fully saturated rings. The number of aromatic amines is 1. The molecular weight excluding hydrogens is 426 g/mol. The van der Waals surface area contributed by atoms with Crippen molar-refractivity contribution in [3.8, 4) is 17.2 Å². The van der Waals surface area contributed by atoms with Gasteiger partial charge in [0.15, 0.2) is 5.82 Å². The zero-order chi connectivity index (χ0) is 23.8. The maximum Gasteiger partial charge on any atom is 0.272 e. The molecule has 0 saturated carbocycles. The van der Waals surface area contributed by atoms with Crippen molar-refractivity contribution in [2.45, 2.75) is 19.3 Å². The lowest BCUT2D eigenvalue weighted by Crippen LogP contribution is -2.26. The largest absolute Gasteiger partial charge is 0.368 e. The molecule has 34 heavy (non-hydrogen) atoms. The highest BCUT2D eigenvalue weighted by molar-refractivity contribution is 5.90. The van der Waals surface area contributed by atoms with E-state index in [0.29, 0.717) is 42.7 Å². The Kier molecular flexibility index (Phi) is 7.31. The second-order valence-corrected chi connectivity index (χ2v) is 7.97. The van der Waals surface area contributed by atoms with E-state index in [0.717, 1.165) is 28.5 Å². The molecule has 0 unspecified atom stereocenters. The van der Waals surface area contributed by atoms with E-state index in [9.17, 15) is 9.59 Å². The van der Waals surface area contributed by atoms with Crippen LogP contribution in [0.5, 0.6) is 0 Å². The van der Waals surface area contributed by atoms with Gasteiger partial charge in [-0.3, -0.25) is 9.59 Å². The van der Waals surface area contributed by atoms with Gasteiger partial charge in [0.1, 0.15) is 0 Å². The molecule has 4 rings (SSSR count). The van der Waals surface area contributed by atoms with Crippen LogP contribution in [0.3, 0.4) is 0 Å². The molecule has 0 aliphatic rings. The van der Waals surface area contributed by atoms with Crippen molar-refractivity contribution in [1.82, 2.24) is 15.5 Å². The number of amides is 1. The van der Waals surface area contributed by atoms with Crippen molar-refractivity contribution in [3.63, 3.8) is 0 Å². The van der Waals surface area contributed by atoms with E-state index in [4.69, 9.17) is 5.26 Å². The first-order valence-corrected chi connectivity index (χ1v) is 11.2. The third-order valence-electron chi connectivity index (χ3n) is 5.56. The summed E-state index contributed by atoms with van der Waals surface area (Å²) >= 11 is 0. The van der Waals surface area contributed by atoms with Crippen LogP contribution < -0.4 is 16.2 Å². The van der Waals surface area contributed by atoms with Crippen LogP contribution in [0.2, 0.25) is 0 Å². The maximum atomic E-state index is 12.3. The fourth-order valence-corrected chi connectivity index (χ4v) is 3.79. The Morgan fingerprint density at radius 2 is 1.71 bits per heavy atom. The van der Waals surface area contributed by atoms with E-state index in [1.807, 2.05) is 54.6 Å². The van der Waals surface area contributed by atoms with Crippen molar-refractivity contribution >= 4 is 22.5 Å².